The van der Waals surface area contributed by atoms with E-state index in [1.807, 2.05) is 61.5 Å². The van der Waals surface area contributed by atoms with E-state index < -0.39 is 6.10 Å². The SMILES string of the molecule is CCC(Oc1cccc(I)c1)C(=O)c1ccccc1. The van der Waals surface area contributed by atoms with Crippen molar-refractivity contribution in [1.29, 1.82) is 0 Å². The predicted molar refractivity (Wildman–Crippen MR) is 84.6 cm³/mol. The van der Waals surface area contributed by atoms with Crippen LogP contribution in [0.15, 0.2) is 54.6 Å². The Bertz CT molecular complexity index is 552. The summed E-state index contributed by atoms with van der Waals surface area (Å²) >= 11 is 2.23. The lowest BCUT2D eigenvalue weighted by Gasteiger charge is -2.16. The zero-order valence-electron chi connectivity index (χ0n) is 10.7. The highest BCUT2D eigenvalue weighted by molar-refractivity contribution is 14.1. The van der Waals surface area contributed by atoms with Crippen LogP contribution in [0.1, 0.15) is 23.7 Å². The number of benzene rings is 2. The first-order valence-electron chi connectivity index (χ1n) is 6.22. The van der Waals surface area contributed by atoms with Crippen molar-refractivity contribution < 1.29 is 9.53 Å². The number of carbonyl (C=O) groups is 1. The Morgan fingerprint density at radius 1 is 1.16 bits per heavy atom. The lowest BCUT2D eigenvalue weighted by Crippen LogP contribution is -2.26. The number of halogens is 1. The van der Waals surface area contributed by atoms with E-state index in [1.54, 1.807) is 0 Å². The van der Waals surface area contributed by atoms with Crippen LogP contribution in [-0.4, -0.2) is 11.9 Å². The molecule has 0 aliphatic rings. The summed E-state index contributed by atoms with van der Waals surface area (Å²) in [6, 6.07) is 17.0. The van der Waals surface area contributed by atoms with Crippen LogP contribution in [0.4, 0.5) is 0 Å². The van der Waals surface area contributed by atoms with Crippen molar-refractivity contribution in [2.24, 2.45) is 0 Å². The summed E-state index contributed by atoms with van der Waals surface area (Å²) < 4.78 is 6.90. The normalized spacial score (nSPS) is 11.9. The topological polar surface area (TPSA) is 26.3 Å². The van der Waals surface area contributed by atoms with E-state index in [2.05, 4.69) is 22.6 Å². The molecular formula is C16H15IO2. The van der Waals surface area contributed by atoms with Gasteiger partial charge in [-0.15, -0.1) is 0 Å². The monoisotopic (exact) mass is 366 g/mol. The first-order chi connectivity index (χ1) is 9.20. The van der Waals surface area contributed by atoms with E-state index in [0.717, 1.165) is 9.32 Å². The van der Waals surface area contributed by atoms with Crippen LogP contribution in [-0.2, 0) is 0 Å². The molecule has 2 aromatic carbocycles. The van der Waals surface area contributed by atoms with Gasteiger partial charge in [-0.25, -0.2) is 0 Å². The maximum atomic E-state index is 12.3. The van der Waals surface area contributed by atoms with Gasteiger partial charge >= 0.3 is 0 Å². The second-order valence-corrected chi connectivity index (χ2v) is 5.45. The molecule has 19 heavy (non-hydrogen) atoms. The van der Waals surface area contributed by atoms with Gasteiger partial charge in [0.1, 0.15) is 5.75 Å². The Morgan fingerprint density at radius 2 is 1.89 bits per heavy atom. The van der Waals surface area contributed by atoms with Crippen molar-refractivity contribution in [3.8, 4) is 5.75 Å². The molecule has 0 heterocycles. The van der Waals surface area contributed by atoms with Gasteiger partial charge in [0.05, 0.1) is 0 Å². The molecule has 1 atom stereocenters. The Kier molecular flexibility index (Phi) is 4.96. The third-order valence-corrected chi connectivity index (χ3v) is 3.47. The summed E-state index contributed by atoms with van der Waals surface area (Å²) in [6.45, 7) is 1.96. The zero-order valence-corrected chi connectivity index (χ0v) is 12.8. The maximum absolute atomic E-state index is 12.3. The van der Waals surface area contributed by atoms with Crippen LogP contribution in [0.5, 0.6) is 5.75 Å². The summed E-state index contributed by atoms with van der Waals surface area (Å²) in [5.41, 5.74) is 0.694. The van der Waals surface area contributed by atoms with Crippen LogP contribution < -0.4 is 4.74 Å². The van der Waals surface area contributed by atoms with E-state index in [1.165, 1.54) is 0 Å². The third-order valence-electron chi connectivity index (χ3n) is 2.80. The number of ketones is 1. The molecule has 1 unspecified atom stereocenters. The standard InChI is InChI=1S/C16H15IO2/c1-2-15(16(18)12-7-4-3-5-8-12)19-14-10-6-9-13(17)11-14/h3-11,15H,2H2,1H3. The highest BCUT2D eigenvalue weighted by atomic mass is 127. The van der Waals surface area contributed by atoms with E-state index in [4.69, 9.17) is 4.74 Å². The number of hydrogen-bond acceptors (Lipinski definition) is 2. The van der Waals surface area contributed by atoms with Gasteiger partial charge in [-0.3, -0.25) is 4.79 Å². The van der Waals surface area contributed by atoms with Crippen molar-refractivity contribution >= 4 is 28.4 Å². The first kappa shape index (κ1) is 14.1. The molecule has 0 N–H and O–H groups in total. The van der Waals surface area contributed by atoms with Crippen molar-refractivity contribution in [2.75, 3.05) is 0 Å². The van der Waals surface area contributed by atoms with E-state index >= 15 is 0 Å². The first-order valence-corrected chi connectivity index (χ1v) is 7.30. The summed E-state index contributed by atoms with van der Waals surface area (Å²) in [4.78, 5) is 12.3. The molecule has 2 nitrogen and oxygen atoms in total. The van der Waals surface area contributed by atoms with E-state index in [-0.39, 0.29) is 5.78 Å². The van der Waals surface area contributed by atoms with Crippen molar-refractivity contribution in [3.63, 3.8) is 0 Å². The molecule has 0 radical (unpaired) electrons. The van der Waals surface area contributed by atoms with Gasteiger partial charge in [-0.05, 0) is 47.2 Å². The molecule has 0 fully saturated rings. The summed E-state index contributed by atoms with van der Waals surface area (Å²) in [6.07, 6.45) is 0.222. The van der Waals surface area contributed by atoms with E-state index in [9.17, 15) is 4.79 Å². The average molecular weight is 366 g/mol. The second-order valence-electron chi connectivity index (χ2n) is 4.20. The fourth-order valence-electron chi connectivity index (χ4n) is 1.82. The van der Waals surface area contributed by atoms with Crippen LogP contribution in [0.25, 0.3) is 0 Å². The maximum Gasteiger partial charge on any atom is 0.203 e. The highest BCUT2D eigenvalue weighted by Gasteiger charge is 2.19. The molecule has 3 heteroatoms. The minimum atomic E-state index is -0.430. The van der Waals surface area contributed by atoms with Gasteiger partial charge in [-0.2, -0.15) is 0 Å². The lowest BCUT2D eigenvalue weighted by atomic mass is 10.0. The fraction of sp³-hybridized carbons (Fsp3) is 0.188. The number of rotatable bonds is 5. The molecule has 2 rings (SSSR count). The largest absolute Gasteiger partial charge is 0.482 e. The molecule has 0 saturated heterocycles. The minimum Gasteiger partial charge on any atom is -0.482 e. The smallest absolute Gasteiger partial charge is 0.203 e. The van der Waals surface area contributed by atoms with Gasteiger partial charge in [0.2, 0.25) is 5.78 Å². The van der Waals surface area contributed by atoms with E-state index in [0.29, 0.717) is 12.0 Å². The van der Waals surface area contributed by atoms with Crippen LogP contribution >= 0.6 is 22.6 Å². The molecule has 0 aromatic heterocycles. The molecule has 2 aromatic rings. The van der Waals surface area contributed by atoms with Crippen molar-refractivity contribution in [2.45, 2.75) is 19.4 Å². The minimum absolute atomic E-state index is 0.0296. The van der Waals surface area contributed by atoms with Gasteiger partial charge in [-0.1, -0.05) is 43.3 Å². The van der Waals surface area contributed by atoms with Crippen molar-refractivity contribution in [1.82, 2.24) is 0 Å². The third kappa shape index (κ3) is 3.80. The quantitative estimate of drug-likeness (QED) is 0.582. The molecular weight excluding hydrogens is 351 g/mol. The number of carbonyl (C=O) groups excluding carboxylic acids is 1. The summed E-state index contributed by atoms with van der Waals surface area (Å²) in [7, 11) is 0. The molecule has 0 spiro atoms. The van der Waals surface area contributed by atoms with Gasteiger partial charge < -0.3 is 4.74 Å². The zero-order chi connectivity index (χ0) is 13.7. The van der Waals surface area contributed by atoms with Crippen LogP contribution in [0.3, 0.4) is 0 Å². The van der Waals surface area contributed by atoms with Crippen LogP contribution in [0, 0.1) is 3.57 Å². The number of hydrogen-bond donors (Lipinski definition) is 0. The Labute approximate surface area is 126 Å². The molecule has 0 aliphatic carbocycles. The summed E-state index contributed by atoms with van der Waals surface area (Å²) in [5, 5.41) is 0. The van der Waals surface area contributed by atoms with Gasteiger partial charge in [0, 0.05) is 9.13 Å². The fourth-order valence-corrected chi connectivity index (χ4v) is 2.33. The predicted octanol–water partition coefficient (Wildman–Crippen LogP) is 4.33. The molecule has 98 valence electrons. The Hall–Kier alpha value is -1.36. The number of ether oxygens (including phenoxy) is 1. The average Bonchev–Trinajstić information content (AvgIpc) is 2.45. The molecule has 0 bridgehead atoms. The Balaban J connectivity index is 2.15. The highest BCUT2D eigenvalue weighted by Crippen LogP contribution is 2.19. The Morgan fingerprint density at radius 3 is 2.53 bits per heavy atom. The van der Waals surface area contributed by atoms with Crippen LogP contribution in [0.2, 0.25) is 0 Å². The van der Waals surface area contributed by atoms with Gasteiger partial charge in [0.25, 0.3) is 0 Å². The summed E-state index contributed by atoms with van der Waals surface area (Å²) in [5.74, 6) is 0.769. The molecule has 0 aliphatic heterocycles. The van der Waals surface area contributed by atoms with Gasteiger partial charge in [0.15, 0.2) is 6.10 Å². The molecule has 0 saturated carbocycles. The second kappa shape index (κ2) is 6.70. The lowest BCUT2D eigenvalue weighted by molar-refractivity contribution is 0.0786. The van der Waals surface area contributed by atoms with Crippen molar-refractivity contribution in [3.05, 3.63) is 63.7 Å². The number of Topliss-reactive ketones (excluding diaryl/α,β-unsaturated/α-hetero) is 1. The molecule has 0 amide bonds.